The number of carbonyl (C=O) groups excluding carboxylic acids is 1. The zero-order chi connectivity index (χ0) is 25.5. The number of nitrogens with zero attached hydrogens (tertiary/aromatic N) is 1. The van der Waals surface area contributed by atoms with Gasteiger partial charge in [-0.1, -0.05) is 56.3 Å². The fraction of sp³-hybridized carbons (Fsp3) is 0.300. The number of aromatic nitrogens is 1. The Morgan fingerprint density at radius 3 is 2.36 bits per heavy atom. The highest BCUT2D eigenvalue weighted by atomic mass is 16.5. The molecule has 6 heteroatoms. The van der Waals surface area contributed by atoms with Crippen LogP contribution in [-0.4, -0.2) is 49.6 Å². The van der Waals surface area contributed by atoms with Gasteiger partial charge in [-0.25, -0.2) is 0 Å². The van der Waals surface area contributed by atoms with E-state index in [1.54, 1.807) is 14.2 Å². The average Bonchev–Trinajstić information content (AvgIpc) is 3.35. The summed E-state index contributed by atoms with van der Waals surface area (Å²) in [6.45, 7) is 7.61. The van der Waals surface area contributed by atoms with Crippen molar-refractivity contribution in [3.05, 3.63) is 95.2 Å². The Labute approximate surface area is 213 Å². The van der Waals surface area contributed by atoms with Gasteiger partial charge in [0.25, 0.3) is 5.91 Å². The van der Waals surface area contributed by atoms with Crippen LogP contribution in [0.3, 0.4) is 0 Å². The largest absolute Gasteiger partial charge is 0.493 e. The minimum atomic E-state index is -0.142. The van der Waals surface area contributed by atoms with Crippen LogP contribution in [0.2, 0.25) is 0 Å². The molecule has 36 heavy (non-hydrogen) atoms. The summed E-state index contributed by atoms with van der Waals surface area (Å²) in [5.41, 5.74) is 4.94. The molecule has 0 radical (unpaired) electrons. The van der Waals surface area contributed by atoms with Crippen LogP contribution in [0.15, 0.2) is 72.9 Å². The summed E-state index contributed by atoms with van der Waals surface area (Å²) in [6.07, 6.45) is 2.02. The number of nitrogens with one attached hydrogen (secondary N) is 2. The number of benzene rings is 3. The predicted octanol–water partition coefficient (Wildman–Crippen LogP) is 5.59. The van der Waals surface area contributed by atoms with E-state index in [4.69, 9.17) is 9.47 Å². The standard InChI is InChI=1S/C30H35N3O3/c1-5-33(6-2)20-21-14-16-22(17-15-21)30(34)32-19-26(24-11-9-13-28(35-3)29(24)36-4)25-18-31-27-12-8-7-10-23(25)27/h7-18,26,31H,5-6,19-20H2,1-4H3,(H,32,34). The monoisotopic (exact) mass is 485 g/mol. The SMILES string of the molecule is CCN(CC)Cc1ccc(C(=O)NCC(c2cccc(OC)c2OC)c2c[nH]c3ccccc23)cc1. The number of amides is 1. The van der Waals surface area contributed by atoms with Gasteiger partial charge in [0.15, 0.2) is 11.5 Å². The fourth-order valence-electron chi connectivity index (χ4n) is 4.72. The Hall–Kier alpha value is -3.77. The Bertz CT molecular complexity index is 1290. The summed E-state index contributed by atoms with van der Waals surface area (Å²) in [4.78, 5) is 18.9. The van der Waals surface area contributed by atoms with Crippen molar-refractivity contribution in [1.82, 2.24) is 15.2 Å². The Morgan fingerprint density at radius 1 is 0.917 bits per heavy atom. The molecule has 0 spiro atoms. The van der Waals surface area contributed by atoms with E-state index in [1.807, 2.05) is 60.8 Å². The second-order valence-electron chi connectivity index (χ2n) is 8.79. The van der Waals surface area contributed by atoms with Crippen molar-refractivity contribution < 1.29 is 14.3 Å². The molecule has 188 valence electrons. The first-order valence-electron chi connectivity index (χ1n) is 12.5. The molecule has 4 rings (SSSR count). The van der Waals surface area contributed by atoms with Crippen molar-refractivity contribution in [3.8, 4) is 11.5 Å². The van der Waals surface area contributed by atoms with E-state index in [0.717, 1.165) is 41.7 Å². The van der Waals surface area contributed by atoms with Gasteiger partial charge in [-0.05, 0) is 48.5 Å². The highest BCUT2D eigenvalue weighted by Gasteiger charge is 2.24. The molecule has 1 atom stereocenters. The third-order valence-corrected chi connectivity index (χ3v) is 6.79. The zero-order valence-electron chi connectivity index (χ0n) is 21.5. The minimum Gasteiger partial charge on any atom is -0.493 e. The molecule has 2 N–H and O–H groups in total. The maximum Gasteiger partial charge on any atom is 0.251 e. The van der Waals surface area contributed by atoms with Crippen LogP contribution >= 0.6 is 0 Å². The molecule has 0 aliphatic rings. The minimum absolute atomic E-state index is 0.101. The molecule has 0 fully saturated rings. The van der Waals surface area contributed by atoms with Crippen molar-refractivity contribution in [3.63, 3.8) is 0 Å². The Kier molecular flexibility index (Phi) is 8.28. The number of hydrogen-bond donors (Lipinski definition) is 2. The quantitative estimate of drug-likeness (QED) is 0.291. The van der Waals surface area contributed by atoms with Gasteiger partial charge >= 0.3 is 0 Å². The summed E-state index contributed by atoms with van der Waals surface area (Å²) in [5.74, 6) is 1.09. The number of ether oxygens (including phenoxy) is 2. The summed E-state index contributed by atoms with van der Waals surface area (Å²) >= 11 is 0. The molecule has 6 nitrogen and oxygen atoms in total. The van der Waals surface area contributed by atoms with E-state index in [1.165, 1.54) is 5.56 Å². The lowest BCUT2D eigenvalue weighted by atomic mass is 9.89. The summed E-state index contributed by atoms with van der Waals surface area (Å²) in [7, 11) is 3.28. The molecule has 0 saturated heterocycles. The third kappa shape index (κ3) is 5.39. The number of rotatable bonds is 11. The molecule has 1 aromatic heterocycles. The summed E-state index contributed by atoms with van der Waals surface area (Å²) in [6, 6.07) is 21.9. The number of methoxy groups -OCH3 is 2. The van der Waals surface area contributed by atoms with Crippen LogP contribution in [0.25, 0.3) is 10.9 Å². The lowest BCUT2D eigenvalue weighted by Crippen LogP contribution is -2.29. The number of para-hydroxylation sites is 2. The van der Waals surface area contributed by atoms with Gasteiger partial charge in [0, 0.05) is 47.2 Å². The number of fused-ring (bicyclic) bond motifs is 1. The highest BCUT2D eigenvalue weighted by Crippen LogP contribution is 2.40. The maximum atomic E-state index is 13.2. The van der Waals surface area contributed by atoms with Crippen LogP contribution in [0.5, 0.6) is 11.5 Å². The van der Waals surface area contributed by atoms with E-state index < -0.39 is 0 Å². The molecule has 0 saturated carbocycles. The van der Waals surface area contributed by atoms with Crippen LogP contribution in [-0.2, 0) is 6.54 Å². The van der Waals surface area contributed by atoms with Crippen molar-refractivity contribution in [2.75, 3.05) is 33.9 Å². The van der Waals surface area contributed by atoms with Crippen molar-refractivity contribution in [2.24, 2.45) is 0 Å². The molecule has 1 unspecified atom stereocenters. The van der Waals surface area contributed by atoms with Crippen molar-refractivity contribution in [2.45, 2.75) is 26.3 Å². The van der Waals surface area contributed by atoms with Gasteiger partial charge in [0.2, 0.25) is 0 Å². The normalized spacial score (nSPS) is 12.0. The van der Waals surface area contributed by atoms with E-state index in [0.29, 0.717) is 23.6 Å². The van der Waals surface area contributed by atoms with E-state index in [-0.39, 0.29) is 11.8 Å². The third-order valence-electron chi connectivity index (χ3n) is 6.79. The topological polar surface area (TPSA) is 66.6 Å². The van der Waals surface area contributed by atoms with Crippen molar-refractivity contribution >= 4 is 16.8 Å². The van der Waals surface area contributed by atoms with E-state index in [2.05, 4.69) is 41.2 Å². The maximum absolute atomic E-state index is 13.2. The van der Waals surface area contributed by atoms with Gasteiger partial charge < -0.3 is 19.8 Å². The first-order chi connectivity index (χ1) is 17.6. The average molecular weight is 486 g/mol. The number of hydrogen-bond acceptors (Lipinski definition) is 4. The van der Waals surface area contributed by atoms with Gasteiger partial charge in [-0.2, -0.15) is 0 Å². The predicted molar refractivity (Wildman–Crippen MR) is 145 cm³/mol. The summed E-state index contributed by atoms with van der Waals surface area (Å²) < 4.78 is 11.3. The molecule has 1 heterocycles. The van der Waals surface area contributed by atoms with E-state index >= 15 is 0 Å². The number of carbonyl (C=O) groups is 1. The highest BCUT2D eigenvalue weighted by molar-refractivity contribution is 5.94. The van der Waals surface area contributed by atoms with Crippen LogP contribution < -0.4 is 14.8 Å². The van der Waals surface area contributed by atoms with Crippen LogP contribution in [0.1, 0.15) is 46.8 Å². The smallest absolute Gasteiger partial charge is 0.251 e. The number of H-pyrrole nitrogens is 1. The van der Waals surface area contributed by atoms with Gasteiger partial charge in [-0.3, -0.25) is 9.69 Å². The molecular weight excluding hydrogens is 450 g/mol. The first kappa shape index (κ1) is 25.3. The van der Waals surface area contributed by atoms with Crippen LogP contribution in [0.4, 0.5) is 0 Å². The zero-order valence-corrected chi connectivity index (χ0v) is 21.5. The molecule has 3 aromatic carbocycles. The van der Waals surface area contributed by atoms with E-state index in [9.17, 15) is 4.79 Å². The van der Waals surface area contributed by atoms with Gasteiger partial charge in [-0.15, -0.1) is 0 Å². The van der Waals surface area contributed by atoms with Gasteiger partial charge in [0.1, 0.15) is 0 Å². The van der Waals surface area contributed by atoms with Gasteiger partial charge in [0.05, 0.1) is 14.2 Å². The summed E-state index contributed by atoms with van der Waals surface area (Å²) in [5, 5.41) is 4.28. The fourth-order valence-corrected chi connectivity index (χ4v) is 4.72. The molecular formula is C30H35N3O3. The molecule has 0 aliphatic heterocycles. The first-order valence-corrected chi connectivity index (χ1v) is 12.5. The van der Waals surface area contributed by atoms with Crippen molar-refractivity contribution in [1.29, 1.82) is 0 Å². The second-order valence-corrected chi connectivity index (χ2v) is 8.79. The molecule has 1 amide bonds. The number of aromatic amines is 1. The molecule has 0 aliphatic carbocycles. The molecule has 4 aromatic rings. The Balaban J connectivity index is 1.61. The Morgan fingerprint density at radius 2 is 1.67 bits per heavy atom. The lowest BCUT2D eigenvalue weighted by molar-refractivity contribution is 0.0952. The second kappa shape index (κ2) is 11.8. The molecule has 0 bridgehead atoms. The lowest BCUT2D eigenvalue weighted by Gasteiger charge is -2.22. The van der Waals surface area contributed by atoms with Crippen LogP contribution in [0, 0.1) is 0 Å².